The Bertz CT molecular complexity index is 468. The number of rotatable bonds is 4. The molecule has 4 nitrogen and oxygen atoms in total. The van der Waals surface area contributed by atoms with Crippen LogP contribution in [0.1, 0.15) is 24.9 Å². The molecule has 1 aliphatic rings. The van der Waals surface area contributed by atoms with Crippen LogP contribution in [0.25, 0.3) is 0 Å². The van der Waals surface area contributed by atoms with Crippen LogP contribution in [0.15, 0.2) is 18.2 Å². The first kappa shape index (κ1) is 15.9. The maximum Gasteiger partial charge on any atom is 0.328 e. The van der Waals surface area contributed by atoms with Crippen molar-refractivity contribution in [2.45, 2.75) is 19.4 Å². The number of carbonyl (C=O) groups is 1. The van der Waals surface area contributed by atoms with Gasteiger partial charge in [-0.05, 0) is 37.6 Å². The Morgan fingerprint density at radius 2 is 2.00 bits per heavy atom. The van der Waals surface area contributed by atoms with Crippen LogP contribution in [0.4, 0.5) is 8.78 Å². The minimum absolute atomic E-state index is 0.235. The molecule has 1 atom stereocenters. The molecule has 1 heterocycles. The van der Waals surface area contributed by atoms with Crippen LogP contribution < -0.4 is 5.32 Å². The minimum atomic E-state index is -0.768. The maximum absolute atomic E-state index is 13.5. The van der Waals surface area contributed by atoms with Crippen molar-refractivity contribution in [3.05, 3.63) is 35.4 Å². The first-order valence-corrected chi connectivity index (χ1v) is 7.19. The average Bonchev–Trinajstić information content (AvgIpc) is 2.67. The zero-order valence-corrected chi connectivity index (χ0v) is 12.1. The molecular formula is C15H20F2N2O2. The highest BCUT2D eigenvalue weighted by molar-refractivity contribution is 5.77. The van der Waals surface area contributed by atoms with E-state index in [4.69, 9.17) is 4.74 Å². The first-order chi connectivity index (χ1) is 10.1. The van der Waals surface area contributed by atoms with Gasteiger partial charge in [0.05, 0.1) is 6.61 Å². The molecule has 0 radical (unpaired) electrons. The van der Waals surface area contributed by atoms with E-state index in [0.717, 1.165) is 25.6 Å². The van der Waals surface area contributed by atoms with E-state index in [-0.39, 0.29) is 6.61 Å². The molecule has 0 amide bonds. The molecule has 2 rings (SSSR count). The van der Waals surface area contributed by atoms with Gasteiger partial charge in [0.2, 0.25) is 0 Å². The second kappa shape index (κ2) is 7.47. The highest BCUT2D eigenvalue weighted by Gasteiger charge is 2.30. The Morgan fingerprint density at radius 1 is 1.29 bits per heavy atom. The van der Waals surface area contributed by atoms with Crippen molar-refractivity contribution < 1.29 is 18.3 Å². The molecule has 1 saturated heterocycles. The van der Waals surface area contributed by atoms with Crippen LogP contribution in [0.3, 0.4) is 0 Å². The summed E-state index contributed by atoms with van der Waals surface area (Å²) in [5.74, 6) is -1.84. The normalized spacial score (nSPS) is 18.0. The van der Waals surface area contributed by atoms with Crippen molar-refractivity contribution >= 4 is 5.97 Å². The summed E-state index contributed by atoms with van der Waals surface area (Å²) in [5.41, 5.74) is 0.299. The predicted octanol–water partition coefficient (Wildman–Crippen LogP) is 1.86. The predicted molar refractivity (Wildman–Crippen MR) is 74.8 cm³/mol. The highest BCUT2D eigenvalue weighted by Crippen LogP contribution is 2.25. The number of halogens is 2. The lowest BCUT2D eigenvalue weighted by molar-refractivity contribution is -0.149. The number of nitrogens with zero attached hydrogens (tertiary/aromatic N) is 1. The Labute approximate surface area is 123 Å². The Hall–Kier alpha value is -1.53. The third-order valence-corrected chi connectivity index (χ3v) is 3.45. The van der Waals surface area contributed by atoms with Crippen LogP contribution in [0, 0.1) is 11.6 Å². The van der Waals surface area contributed by atoms with Crippen molar-refractivity contribution in [1.82, 2.24) is 10.2 Å². The van der Waals surface area contributed by atoms with Gasteiger partial charge in [-0.2, -0.15) is 0 Å². The summed E-state index contributed by atoms with van der Waals surface area (Å²) in [7, 11) is 0. The fourth-order valence-electron chi connectivity index (χ4n) is 2.58. The Morgan fingerprint density at radius 3 is 2.67 bits per heavy atom. The van der Waals surface area contributed by atoms with Crippen molar-refractivity contribution in [3.63, 3.8) is 0 Å². The molecule has 0 aromatic heterocycles. The molecule has 1 N–H and O–H groups in total. The number of hydrogen-bond donors (Lipinski definition) is 1. The highest BCUT2D eigenvalue weighted by atomic mass is 19.1. The topological polar surface area (TPSA) is 41.6 Å². The molecular weight excluding hydrogens is 278 g/mol. The van der Waals surface area contributed by atoms with Gasteiger partial charge in [-0.25, -0.2) is 13.6 Å². The quantitative estimate of drug-likeness (QED) is 0.862. The van der Waals surface area contributed by atoms with Gasteiger partial charge in [-0.3, -0.25) is 4.90 Å². The summed E-state index contributed by atoms with van der Waals surface area (Å²) in [4.78, 5) is 14.2. The lowest BCUT2D eigenvalue weighted by Crippen LogP contribution is -2.37. The molecule has 0 bridgehead atoms. The molecule has 0 saturated carbocycles. The first-order valence-electron chi connectivity index (χ1n) is 7.19. The van der Waals surface area contributed by atoms with Gasteiger partial charge < -0.3 is 10.1 Å². The molecule has 21 heavy (non-hydrogen) atoms. The summed E-state index contributed by atoms with van der Waals surface area (Å²) in [5, 5.41) is 3.24. The van der Waals surface area contributed by atoms with E-state index in [0.29, 0.717) is 18.7 Å². The summed E-state index contributed by atoms with van der Waals surface area (Å²) in [6, 6.07) is 2.43. The molecule has 1 aromatic carbocycles. The van der Waals surface area contributed by atoms with Crippen molar-refractivity contribution in [1.29, 1.82) is 0 Å². The van der Waals surface area contributed by atoms with Crippen LogP contribution in [0.5, 0.6) is 0 Å². The van der Waals surface area contributed by atoms with Crippen LogP contribution >= 0.6 is 0 Å². The number of benzene rings is 1. The minimum Gasteiger partial charge on any atom is -0.465 e. The average molecular weight is 298 g/mol. The summed E-state index contributed by atoms with van der Waals surface area (Å²) in [6.07, 6.45) is 0.869. The largest absolute Gasteiger partial charge is 0.465 e. The number of ether oxygens (including phenoxy) is 1. The number of carbonyl (C=O) groups excluding carboxylic acids is 1. The number of hydrogen-bond acceptors (Lipinski definition) is 4. The Kier molecular flexibility index (Phi) is 5.64. The van der Waals surface area contributed by atoms with E-state index in [9.17, 15) is 13.6 Å². The fourth-order valence-corrected chi connectivity index (χ4v) is 2.58. The van der Waals surface area contributed by atoms with Gasteiger partial charge in [-0.1, -0.05) is 0 Å². The lowest BCUT2D eigenvalue weighted by atomic mass is 10.0. The van der Waals surface area contributed by atoms with Crippen LogP contribution in [-0.4, -0.2) is 43.7 Å². The van der Waals surface area contributed by atoms with Crippen molar-refractivity contribution in [2.24, 2.45) is 0 Å². The van der Waals surface area contributed by atoms with Gasteiger partial charge in [0, 0.05) is 25.7 Å². The molecule has 116 valence electrons. The fraction of sp³-hybridized carbons (Fsp3) is 0.533. The molecule has 6 heteroatoms. The molecule has 1 aliphatic heterocycles. The van der Waals surface area contributed by atoms with E-state index in [2.05, 4.69) is 5.32 Å². The van der Waals surface area contributed by atoms with Gasteiger partial charge >= 0.3 is 5.97 Å². The zero-order chi connectivity index (χ0) is 15.2. The lowest BCUT2D eigenvalue weighted by Gasteiger charge is -2.29. The SMILES string of the molecule is CCOC(=O)C(c1cc(F)cc(F)c1)N1CCCNCC1. The van der Waals surface area contributed by atoms with E-state index in [1.54, 1.807) is 6.92 Å². The van der Waals surface area contributed by atoms with E-state index < -0.39 is 23.6 Å². The third-order valence-electron chi connectivity index (χ3n) is 3.45. The van der Waals surface area contributed by atoms with Gasteiger partial charge in [0.25, 0.3) is 0 Å². The standard InChI is InChI=1S/C15H20F2N2O2/c1-2-21-15(20)14(19-6-3-4-18-5-7-19)11-8-12(16)10-13(17)9-11/h8-10,14,18H,2-7H2,1H3. The zero-order valence-electron chi connectivity index (χ0n) is 12.1. The van der Waals surface area contributed by atoms with E-state index in [1.165, 1.54) is 12.1 Å². The Balaban J connectivity index is 2.31. The van der Waals surface area contributed by atoms with Crippen molar-refractivity contribution in [3.8, 4) is 0 Å². The summed E-state index contributed by atoms with van der Waals surface area (Å²) in [6.45, 7) is 4.85. The number of esters is 1. The molecule has 1 unspecified atom stereocenters. The van der Waals surface area contributed by atoms with Gasteiger partial charge in [0.1, 0.15) is 17.7 Å². The summed E-state index contributed by atoms with van der Waals surface area (Å²) < 4.78 is 32.0. The van der Waals surface area contributed by atoms with Gasteiger partial charge in [-0.15, -0.1) is 0 Å². The molecule has 1 aromatic rings. The smallest absolute Gasteiger partial charge is 0.328 e. The molecule has 0 spiro atoms. The van der Waals surface area contributed by atoms with E-state index in [1.807, 2.05) is 4.90 Å². The van der Waals surface area contributed by atoms with Crippen LogP contribution in [-0.2, 0) is 9.53 Å². The summed E-state index contributed by atoms with van der Waals surface area (Å²) >= 11 is 0. The maximum atomic E-state index is 13.5. The second-order valence-corrected chi connectivity index (χ2v) is 5.00. The molecule has 1 fully saturated rings. The number of nitrogens with one attached hydrogen (secondary N) is 1. The van der Waals surface area contributed by atoms with Gasteiger partial charge in [0.15, 0.2) is 0 Å². The van der Waals surface area contributed by atoms with Crippen molar-refractivity contribution in [2.75, 3.05) is 32.8 Å². The molecule has 0 aliphatic carbocycles. The van der Waals surface area contributed by atoms with E-state index >= 15 is 0 Å². The van der Waals surface area contributed by atoms with Crippen LogP contribution in [0.2, 0.25) is 0 Å². The third kappa shape index (κ3) is 4.22. The second-order valence-electron chi connectivity index (χ2n) is 5.00. The monoisotopic (exact) mass is 298 g/mol.